The van der Waals surface area contributed by atoms with Crippen LogP contribution in [0.3, 0.4) is 0 Å². The quantitative estimate of drug-likeness (QED) is 0.493. The van der Waals surface area contributed by atoms with Gasteiger partial charge in [0, 0.05) is 16.1 Å². The van der Waals surface area contributed by atoms with Crippen molar-refractivity contribution in [2.24, 2.45) is 0 Å². The van der Waals surface area contributed by atoms with Gasteiger partial charge in [-0.25, -0.2) is 14.3 Å². The summed E-state index contributed by atoms with van der Waals surface area (Å²) in [7, 11) is 0. The molecule has 0 atom stereocenters. The zero-order chi connectivity index (χ0) is 20.3. The first kappa shape index (κ1) is 20.1. The topological polar surface area (TPSA) is 87.5 Å². The molecule has 1 aliphatic carbocycles. The summed E-state index contributed by atoms with van der Waals surface area (Å²) >= 11 is 5.87. The molecule has 8 heteroatoms. The van der Waals surface area contributed by atoms with E-state index in [1.165, 1.54) is 4.68 Å². The third-order valence-corrected chi connectivity index (χ3v) is 4.62. The van der Waals surface area contributed by atoms with Gasteiger partial charge in [0.15, 0.2) is 17.2 Å². The first-order valence-corrected chi connectivity index (χ1v) is 9.57. The Kier molecular flexibility index (Phi) is 6.14. The fourth-order valence-corrected chi connectivity index (χ4v) is 3.10. The number of ketones is 1. The molecule has 1 aliphatic rings. The average molecular weight is 405 g/mol. The standard InChI is InChI=1S/C20H21ClN2O5/c1-3-27-19(25)17-16(13-5-6-13)18(20(26)28-4-2)23(22-17)11-15(24)12-7-9-14(21)10-8-12/h7-10,13H,3-6,11H2,1-2H3. The molecule has 0 amide bonds. The monoisotopic (exact) mass is 404 g/mol. The largest absolute Gasteiger partial charge is 0.461 e. The van der Waals surface area contributed by atoms with Crippen LogP contribution in [0.5, 0.6) is 0 Å². The molecular formula is C20H21ClN2O5. The predicted octanol–water partition coefficient (Wildman–Crippen LogP) is 3.65. The second-order valence-corrected chi connectivity index (χ2v) is 6.85. The molecule has 1 fully saturated rings. The second-order valence-electron chi connectivity index (χ2n) is 6.41. The van der Waals surface area contributed by atoms with Gasteiger partial charge in [0.05, 0.1) is 13.2 Å². The molecule has 1 saturated carbocycles. The molecule has 0 unspecified atom stereocenters. The van der Waals surface area contributed by atoms with Crippen LogP contribution in [0.1, 0.15) is 69.5 Å². The lowest BCUT2D eigenvalue weighted by Gasteiger charge is -2.08. The fourth-order valence-electron chi connectivity index (χ4n) is 2.98. The van der Waals surface area contributed by atoms with Gasteiger partial charge < -0.3 is 9.47 Å². The molecule has 3 rings (SSSR count). The smallest absolute Gasteiger partial charge is 0.359 e. The van der Waals surface area contributed by atoms with Gasteiger partial charge in [0.25, 0.3) is 0 Å². The van der Waals surface area contributed by atoms with Crippen LogP contribution in [-0.2, 0) is 16.0 Å². The Hall–Kier alpha value is -2.67. The van der Waals surface area contributed by atoms with Crippen LogP contribution in [0.2, 0.25) is 5.02 Å². The molecule has 0 N–H and O–H groups in total. The number of hydrogen-bond acceptors (Lipinski definition) is 6. The van der Waals surface area contributed by atoms with Gasteiger partial charge in [-0.3, -0.25) is 4.79 Å². The van der Waals surface area contributed by atoms with E-state index >= 15 is 0 Å². The van der Waals surface area contributed by atoms with E-state index in [0.717, 1.165) is 12.8 Å². The minimum absolute atomic E-state index is 0.0400. The maximum atomic E-state index is 12.7. The lowest BCUT2D eigenvalue weighted by Crippen LogP contribution is -2.19. The number of hydrogen-bond donors (Lipinski definition) is 0. The van der Waals surface area contributed by atoms with E-state index < -0.39 is 11.9 Å². The van der Waals surface area contributed by atoms with E-state index in [1.54, 1.807) is 38.1 Å². The van der Waals surface area contributed by atoms with E-state index in [0.29, 0.717) is 16.1 Å². The van der Waals surface area contributed by atoms with Crippen molar-refractivity contribution < 1.29 is 23.9 Å². The molecule has 0 saturated heterocycles. The SMILES string of the molecule is CCOC(=O)c1nn(CC(=O)c2ccc(Cl)cc2)c(C(=O)OCC)c1C1CC1. The van der Waals surface area contributed by atoms with Crippen LogP contribution >= 0.6 is 11.6 Å². The highest BCUT2D eigenvalue weighted by Crippen LogP contribution is 2.44. The van der Waals surface area contributed by atoms with Crippen LogP contribution in [0.25, 0.3) is 0 Å². The van der Waals surface area contributed by atoms with Gasteiger partial charge >= 0.3 is 11.9 Å². The minimum Gasteiger partial charge on any atom is -0.461 e. The Morgan fingerprint density at radius 2 is 1.68 bits per heavy atom. The van der Waals surface area contributed by atoms with E-state index in [9.17, 15) is 14.4 Å². The van der Waals surface area contributed by atoms with Crippen LogP contribution in [0.4, 0.5) is 0 Å². The van der Waals surface area contributed by atoms with Crippen LogP contribution in [0.15, 0.2) is 24.3 Å². The number of benzene rings is 1. The Bertz CT molecular complexity index is 900. The van der Waals surface area contributed by atoms with Gasteiger partial charge in [-0.1, -0.05) is 11.6 Å². The van der Waals surface area contributed by atoms with Gasteiger partial charge in [-0.05, 0) is 56.9 Å². The maximum Gasteiger partial charge on any atom is 0.359 e. The highest BCUT2D eigenvalue weighted by atomic mass is 35.5. The van der Waals surface area contributed by atoms with Gasteiger partial charge in [0.2, 0.25) is 0 Å². The third kappa shape index (κ3) is 4.25. The molecule has 0 radical (unpaired) electrons. The zero-order valence-corrected chi connectivity index (χ0v) is 16.5. The highest BCUT2D eigenvalue weighted by molar-refractivity contribution is 6.30. The number of aromatic nitrogens is 2. The lowest BCUT2D eigenvalue weighted by molar-refractivity contribution is 0.0505. The summed E-state index contributed by atoms with van der Waals surface area (Å²) in [4.78, 5) is 37.7. The number of rotatable bonds is 8. The Morgan fingerprint density at radius 1 is 1.07 bits per heavy atom. The first-order valence-electron chi connectivity index (χ1n) is 9.19. The van der Waals surface area contributed by atoms with E-state index in [1.807, 2.05) is 0 Å². The van der Waals surface area contributed by atoms with Gasteiger partial charge in [-0.15, -0.1) is 0 Å². The fraction of sp³-hybridized carbons (Fsp3) is 0.400. The molecule has 28 heavy (non-hydrogen) atoms. The summed E-state index contributed by atoms with van der Waals surface area (Å²) < 4.78 is 11.5. The van der Waals surface area contributed by atoms with Crippen LogP contribution < -0.4 is 0 Å². The van der Waals surface area contributed by atoms with E-state index in [4.69, 9.17) is 21.1 Å². The Balaban J connectivity index is 2.01. The van der Waals surface area contributed by atoms with Gasteiger partial charge in [0.1, 0.15) is 6.54 Å². The summed E-state index contributed by atoms with van der Waals surface area (Å²) in [6.45, 7) is 3.56. The summed E-state index contributed by atoms with van der Waals surface area (Å²) in [5.74, 6) is -1.43. The van der Waals surface area contributed by atoms with Crippen molar-refractivity contribution in [1.82, 2.24) is 9.78 Å². The molecule has 2 aromatic rings. The highest BCUT2D eigenvalue weighted by Gasteiger charge is 2.38. The number of esters is 2. The van der Waals surface area contributed by atoms with Crippen molar-refractivity contribution >= 4 is 29.3 Å². The maximum absolute atomic E-state index is 12.7. The number of carbonyl (C=O) groups is 3. The van der Waals surface area contributed by atoms with Crippen molar-refractivity contribution in [3.8, 4) is 0 Å². The van der Waals surface area contributed by atoms with Crippen LogP contribution in [-0.4, -0.2) is 40.7 Å². The molecule has 0 aliphatic heterocycles. The zero-order valence-electron chi connectivity index (χ0n) is 15.7. The van der Waals surface area contributed by atoms with Gasteiger partial charge in [-0.2, -0.15) is 5.10 Å². The molecule has 148 valence electrons. The van der Waals surface area contributed by atoms with Crippen molar-refractivity contribution in [1.29, 1.82) is 0 Å². The first-order chi connectivity index (χ1) is 13.5. The molecule has 0 spiro atoms. The third-order valence-electron chi connectivity index (χ3n) is 4.37. The Labute approximate surface area is 167 Å². The Morgan fingerprint density at radius 3 is 2.25 bits per heavy atom. The normalized spacial score (nSPS) is 13.2. The van der Waals surface area contributed by atoms with Crippen molar-refractivity contribution in [2.75, 3.05) is 13.2 Å². The van der Waals surface area contributed by atoms with Crippen molar-refractivity contribution in [2.45, 2.75) is 39.2 Å². The number of nitrogens with zero attached hydrogens (tertiary/aromatic N) is 2. The van der Waals surface area contributed by atoms with E-state index in [-0.39, 0.29) is 42.8 Å². The molecule has 1 heterocycles. The van der Waals surface area contributed by atoms with Crippen LogP contribution in [0, 0.1) is 0 Å². The molecule has 7 nitrogen and oxygen atoms in total. The number of carbonyl (C=O) groups excluding carboxylic acids is 3. The predicted molar refractivity (Wildman–Crippen MR) is 102 cm³/mol. The number of Topliss-reactive ketones (excluding diaryl/α,β-unsaturated/α-hetero) is 1. The summed E-state index contributed by atoms with van der Waals surface area (Å²) in [5, 5.41) is 4.79. The summed E-state index contributed by atoms with van der Waals surface area (Å²) in [6, 6.07) is 6.44. The minimum atomic E-state index is -0.604. The van der Waals surface area contributed by atoms with E-state index in [2.05, 4.69) is 5.10 Å². The molecule has 1 aromatic carbocycles. The summed E-state index contributed by atoms with van der Waals surface area (Å²) in [6.07, 6.45) is 1.69. The second kappa shape index (κ2) is 8.56. The van der Waals surface area contributed by atoms with Crippen molar-refractivity contribution in [3.63, 3.8) is 0 Å². The summed E-state index contributed by atoms with van der Waals surface area (Å²) in [5.41, 5.74) is 1.17. The average Bonchev–Trinajstić information content (AvgIpc) is 3.43. The lowest BCUT2D eigenvalue weighted by atomic mass is 10.1. The van der Waals surface area contributed by atoms with Crippen molar-refractivity contribution in [3.05, 3.63) is 51.8 Å². The molecule has 1 aromatic heterocycles. The number of ether oxygens (including phenoxy) is 2. The molecule has 0 bridgehead atoms. The number of halogens is 1. The molecular weight excluding hydrogens is 384 g/mol.